The van der Waals surface area contributed by atoms with Crippen molar-refractivity contribution in [3.05, 3.63) is 35.4 Å². The minimum Gasteiger partial charge on any atom is -0.464 e. The van der Waals surface area contributed by atoms with Crippen LogP contribution < -0.4 is 0 Å². The zero-order valence-corrected chi connectivity index (χ0v) is 8.73. The van der Waals surface area contributed by atoms with E-state index in [1.807, 2.05) is 24.3 Å². The molecule has 80 valence electrons. The van der Waals surface area contributed by atoms with Gasteiger partial charge in [0.1, 0.15) is 0 Å². The molecule has 15 heavy (non-hydrogen) atoms. The molecular formula is C12H14O3. The molecule has 0 fully saturated rings. The first-order valence-electron chi connectivity index (χ1n) is 5.16. The molecule has 0 N–H and O–H groups in total. The average molecular weight is 206 g/mol. The summed E-state index contributed by atoms with van der Waals surface area (Å²) in [5.41, 5.74) is 2.35. The lowest BCUT2D eigenvalue weighted by atomic mass is 9.99. The highest BCUT2D eigenvalue weighted by molar-refractivity contribution is 5.75. The average Bonchev–Trinajstić information content (AvgIpc) is 2.29. The Morgan fingerprint density at radius 2 is 2.20 bits per heavy atom. The number of hydrogen-bond acceptors (Lipinski definition) is 3. The fourth-order valence-corrected chi connectivity index (χ4v) is 1.73. The summed E-state index contributed by atoms with van der Waals surface area (Å²) < 4.78 is 10.4. The van der Waals surface area contributed by atoms with Crippen molar-refractivity contribution in [1.29, 1.82) is 0 Å². The largest absolute Gasteiger partial charge is 0.464 e. The van der Waals surface area contributed by atoms with Crippen LogP contribution in [0.1, 0.15) is 18.1 Å². The van der Waals surface area contributed by atoms with E-state index in [9.17, 15) is 4.79 Å². The molecule has 0 amide bonds. The fraction of sp³-hybridized carbons (Fsp3) is 0.417. The normalized spacial score (nSPS) is 19.4. The summed E-state index contributed by atoms with van der Waals surface area (Å²) in [6.45, 7) is 2.70. The minimum atomic E-state index is -0.431. The monoisotopic (exact) mass is 206 g/mol. The molecular weight excluding hydrogens is 192 g/mol. The van der Waals surface area contributed by atoms with Crippen molar-refractivity contribution < 1.29 is 14.3 Å². The van der Waals surface area contributed by atoms with Crippen LogP contribution in [-0.2, 0) is 27.3 Å². The SMILES string of the molecule is CCOC(=O)[C@H]1Cc2ccccc2CO1. The molecule has 3 heteroatoms. The highest BCUT2D eigenvalue weighted by atomic mass is 16.6. The van der Waals surface area contributed by atoms with Crippen LogP contribution >= 0.6 is 0 Å². The van der Waals surface area contributed by atoms with Gasteiger partial charge in [-0.05, 0) is 18.1 Å². The van der Waals surface area contributed by atoms with Gasteiger partial charge in [-0.2, -0.15) is 0 Å². The summed E-state index contributed by atoms with van der Waals surface area (Å²) in [6.07, 6.45) is 0.189. The van der Waals surface area contributed by atoms with Crippen molar-refractivity contribution in [2.45, 2.75) is 26.1 Å². The second-order valence-electron chi connectivity index (χ2n) is 3.52. The molecule has 0 aromatic heterocycles. The summed E-state index contributed by atoms with van der Waals surface area (Å²) >= 11 is 0. The van der Waals surface area contributed by atoms with Gasteiger partial charge in [-0.15, -0.1) is 0 Å². The first-order chi connectivity index (χ1) is 7.31. The Kier molecular flexibility index (Phi) is 3.02. The smallest absolute Gasteiger partial charge is 0.335 e. The van der Waals surface area contributed by atoms with Crippen LogP contribution in [0.25, 0.3) is 0 Å². The van der Waals surface area contributed by atoms with E-state index in [1.54, 1.807) is 6.92 Å². The highest BCUT2D eigenvalue weighted by Gasteiger charge is 2.25. The lowest BCUT2D eigenvalue weighted by molar-refractivity contribution is -0.158. The van der Waals surface area contributed by atoms with Crippen molar-refractivity contribution >= 4 is 5.97 Å². The van der Waals surface area contributed by atoms with E-state index in [-0.39, 0.29) is 5.97 Å². The second-order valence-corrected chi connectivity index (χ2v) is 3.52. The minimum absolute atomic E-state index is 0.257. The van der Waals surface area contributed by atoms with Crippen LogP contribution in [0, 0.1) is 0 Å². The molecule has 1 heterocycles. The number of hydrogen-bond donors (Lipinski definition) is 0. The predicted octanol–water partition coefficient (Wildman–Crippen LogP) is 1.69. The molecule has 0 saturated carbocycles. The summed E-state index contributed by atoms with van der Waals surface area (Å²) in [5, 5.41) is 0. The Labute approximate surface area is 89.0 Å². The third-order valence-electron chi connectivity index (χ3n) is 2.51. The standard InChI is InChI=1S/C12H14O3/c1-2-14-12(13)11-7-9-5-3-4-6-10(9)8-15-11/h3-6,11H,2,7-8H2,1H3/t11-/m1/s1. The molecule has 0 unspecified atom stereocenters. The van der Waals surface area contributed by atoms with Gasteiger partial charge in [0, 0.05) is 6.42 Å². The van der Waals surface area contributed by atoms with E-state index in [0.717, 1.165) is 5.56 Å². The van der Waals surface area contributed by atoms with Gasteiger partial charge >= 0.3 is 5.97 Å². The van der Waals surface area contributed by atoms with Gasteiger partial charge in [0.25, 0.3) is 0 Å². The maximum atomic E-state index is 11.5. The molecule has 0 bridgehead atoms. The maximum Gasteiger partial charge on any atom is 0.335 e. The number of esters is 1. The van der Waals surface area contributed by atoms with Crippen molar-refractivity contribution in [2.24, 2.45) is 0 Å². The number of ether oxygens (including phenoxy) is 2. The number of benzene rings is 1. The predicted molar refractivity (Wildman–Crippen MR) is 55.4 cm³/mol. The fourth-order valence-electron chi connectivity index (χ4n) is 1.73. The van der Waals surface area contributed by atoms with E-state index >= 15 is 0 Å². The summed E-state index contributed by atoms with van der Waals surface area (Å²) in [7, 11) is 0. The molecule has 1 aliphatic heterocycles. The molecule has 0 aliphatic carbocycles. The van der Waals surface area contributed by atoms with Gasteiger partial charge in [0.2, 0.25) is 0 Å². The molecule has 0 saturated heterocycles. The second kappa shape index (κ2) is 4.45. The van der Waals surface area contributed by atoms with Crippen molar-refractivity contribution in [1.82, 2.24) is 0 Å². The van der Waals surface area contributed by atoms with Crippen LogP contribution in [0.2, 0.25) is 0 Å². The summed E-state index contributed by atoms with van der Waals surface area (Å²) in [5.74, 6) is -0.257. The Morgan fingerprint density at radius 3 is 2.93 bits per heavy atom. The third-order valence-corrected chi connectivity index (χ3v) is 2.51. The molecule has 1 atom stereocenters. The Hall–Kier alpha value is -1.35. The molecule has 3 nitrogen and oxygen atoms in total. The quantitative estimate of drug-likeness (QED) is 0.691. The Balaban J connectivity index is 2.08. The number of carbonyl (C=O) groups is 1. The van der Waals surface area contributed by atoms with Crippen LogP contribution in [0.3, 0.4) is 0 Å². The van der Waals surface area contributed by atoms with Crippen molar-refractivity contribution in [2.75, 3.05) is 6.61 Å². The van der Waals surface area contributed by atoms with E-state index in [2.05, 4.69) is 0 Å². The third kappa shape index (κ3) is 2.18. The number of fused-ring (bicyclic) bond motifs is 1. The van der Waals surface area contributed by atoms with Gasteiger partial charge in [-0.3, -0.25) is 0 Å². The number of carbonyl (C=O) groups excluding carboxylic acids is 1. The molecule has 2 rings (SSSR count). The van der Waals surface area contributed by atoms with Crippen LogP contribution in [0.4, 0.5) is 0 Å². The zero-order chi connectivity index (χ0) is 10.7. The molecule has 0 spiro atoms. The molecule has 0 radical (unpaired) electrons. The molecule has 1 aromatic rings. The lowest BCUT2D eigenvalue weighted by Gasteiger charge is -2.23. The van der Waals surface area contributed by atoms with Gasteiger partial charge in [0.05, 0.1) is 13.2 Å². The lowest BCUT2D eigenvalue weighted by Crippen LogP contribution is -2.32. The van der Waals surface area contributed by atoms with Gasteiger partial charge in [-0.1, -0.05) is 24.3 Å². The van der Waals surface area contributed by atoms with E-state index in [4.69, 9.17) is 9.47 Å². The number of rotatable bonds is 2. The van der Waals surface area contributed by atoms with Crippen LogP contribution in [0.15, 0.2) is 24.3 Å². The first kappa shape index (κ1) is 10.2. The van der Waals surface area contributed by atoms with Crippen LogP contribution in [0.5, 0.6) is 0 Å². The summed E-state index contributed by atoms with van der Waals surface area (Å²) in [6, 6.07) is 8.01. The van der Waals surface area contributed by atoms with Gasteiger partial charge in [-0.25, -0.2) is 4.79 Å². The molecule has 1 aromatic carbocycles. The van der Waals surface area contributed by atoms with E-state index in [0.29, 0.717) is 19.6 Å². The maximum absolute atomic E-state index is 11.5. The Bertz CT molecular complexity index is 360. The summed E-state index contributed by atoms with van der Waals surface area (Å²) in [4.78, 5) is 11.5. The van der Waals surface area contributed by atoms with Crippen molar-refractivity contribution in [3.8, 4) is 0 Å². The van der Waals surface area contributed by atoms with Gasteiger partial charge in [0.15, 0.2) is 6.10 Å². The highest BCUT2D eigenvalue weighted by Crippen LogP contribution is 2.20. The van der Waals surface area contributed by atoms with Crippen molar-refractivity contribution in [3.63, 3.8) is 0 Å². The van der Waals surface area contributed by atoms with Gasteiger partial charge < -0.3 is 9.47 Å². The molecule has 1 aliphatic rings. The van der Waals surface area contributed by atoms with E-state index in [1.165, 1.54) is 5.56 Å². The zero-order valence-electron chi connectivity index (χ0n) is 8.73. The topological polar surface area (TPSA) is 35.5 Å². The van der Waals surface area contributed by atoms with E-state index < -0.39 is 6.10 Å². The van der Waals surface area contributed by atoms with Crippen LogP contribution in [-0.4, -0.2) is 18.7 Å². The first-order valence-corrected chi connectivity index (χ1v) is 5.16. The Morgan fingerprint density at radius 1 is 1.47 bits per heavy atom.